The van der Waals surface area contributed by atoms with Crippen molar-refractivity contribution in [3.05, 3.63) is 99.4 Å². The average molecular weight is 378 g/mol. The lowest BCUT2D eigenvalue weighted by atomic mass is 10.1. The number of hydrogen-bond donors (Lipinski definition) is 2. The molecule has 3 aromatic rings. The number of aliphatic hydroxyl groups is 1. The van der Waals surface area contributed by atoms with E-state index in [0.717, 1.165) is 12.0 Å². The van der Waals surface area contributed by atoms with Gasteiger partial charge in [-0.1, -0.05) is 36.4 Å². The molecule has 0 aliphatic carbocycles. The molecule has 6 heteroatoms. The number of carbonyl (C=O) groups is 1. The van der Waals surface area contributed by atoms with E-state index in [9.17, 15) is 14.7 Å². The minimum Gasteiger partial charge on any atom is -0.427 e. The predicted molar refractivity (Wildman–Crippen MR) is 105 cm³/mol. The van der Waals surface area contributed by atoms with E-state index < -0.39 is 17.6 Å². The first kappa shape index (κ1) is 19.5. The van der Waals surface area contributed by atoms with E-state index in [1.165, 1.54) is 6.20 Å². The first-order chi connectivity index (χ1) is 13.5. The quantitative estimate of drug-likeness (QED) is 0.659. The molecule has 144 valence electrons. The van der Waals surface area contributed by atoms with Crippen LogP contribution in [0.1, 0.15) is 38.9 Å². The number of benzene rings is 1. The molecule has 0 saturated heterocycles. The van der Waals surface area contributed by atoms with Crippen LogP contribution in [0.3, 0.4) is 0 Å². The molecular formula is C22H22N2O4. The molecule has 0 aliphatic rings. The summed E-state index contributed by atoms with van der Waals surface area (Å²) in [5, 5.41) is 12.7. The Morgan fingerprint density at radius 2 is 1.96 bits per heavy atom. The van der Waals surface area contributed by atoms with Gasteiger partial charge >= 0.3 is 5.63 Å². The fourth-order valence-corrected chi connectivity index (χ4v) is 2.95. The molecule has 1 unspecified atom stereocenters. The van der Waals surface area contributed by atoms with Gasteiger partial charge in [-0.15, -0.1) is 0 Å². The molecule has 2 N–H and O–H groups in total. The standard InChI is InChI=1S/C22H22N2O4/c1-15-12-18(10-9-16-6-3-2-4-7-16)28-22(27)20(15)21(26)24-14-19(25)17-8-5-11-23-13-17/h2-8,11-13,19,25H,9-10,14H2,1H3,(H,24,26). The van der Waals surface area contributed by atoms with Crippen molar-refractivity contribution in [2.75, 3.05) is 6.54 Å². The summed E-state index contributed by atoms with van der Waals surface area (Å²) in [5.74, 6) is -0.0258. The molecular weight excluding hydrogens is 356 g/mol. The smallest absolute Gasteiger partial charge is 0.349 e. The minimum absolute atomic E-state index is 0.0286. The number of nitrogens with zero attached hydrogens (tertiary/aromatic N) is 1. The third-order valence-corrected chi connectivity index (χ3v) is 4.45. The second kappa shape index (κ2) is 9.10. The molecule has 0 spiro atoms. The van der Waals surface area contributed by atoms with Gasteiger partial charge < -0.3 is 14.8 Å². The maximum atomic E-state index is 12.4. The molecule has 3 rings (SSSR count). The molecule has 1 aromatic carbocycles. The zero-order valence-corrected chi connectivity index (χ0v) is 15.6. The maximum Gasteiger partial charge on any atom is 0.349 e. The predicted octanol–water partition coefficient (Wildman–Crippen LogP) is 2.59. The average Bonchev–Trinajstić information content (AvgIpc) is 2.71. The second-order valence-corrected chi connectivity index (χ2v) is 6.56. The Bertz CT molecular complexity index is 984. The summed E-state index contributed by atoms with van der Waals surface area (Å²) in [7, 11) is 0. The van der Waals surface area contributed by atoms with E-state index in [4.69, 9.17) is 4.42 Å². The number of amides is 1. The molecule has 1 atom stereocenters. The molecule has 2 aromatic heterocycles. The van der Waals surface area contributed by atoms with Crippen molar-refractivity contribution in [1.82, 2.24) is 10.3 Å². The van der Waals surface area contributed by atoms with Gasteiger partial charge in [0.2, 0.25) is 0 Å². The Hall–Kier alpha value is -3.25. The fourth-order valence-electron chi connectivity index (χ4n) is 2.95. The van der Waals surface area contributed by atoms with E-state index in [1.807, 2.05) is 30.3 Å². The summed E-state index contributed by atoms with van der Waals surface area (Å²) in [4.78, 5) is 28.7. The summed E-state index contributed by atoms with van der Waals surface area (Å²) in [6, 6.07) is 15.0. The monoisotopic (exact) mass is 378 g/mol. The van der Waals surface area contributed by atoms with Gasteiger partial charge in [-0.2, -0.15) is 0 Å². The van der Waals surface area contributed by atoms with E-state index in [2.05, 4.69) is 10.3 Å². The second-order valence-electron chi connectivity index (χ2n) is 6.56. The molecule has 2 heterocycles. The Morgan fingerprint density at radius 1 is 1.18 bits per heavy atom. The van der Waals surface area contributed by atoms with E-state index in [0.29, 0.717) is 23.3 Å². The van der Waals surface area contributed by atoms with Gasteiger partial charge in [0.05, 0.1) is 6.10 Å². The van der Waals surface area contributed by atoms with Gasteiger partial charge in [0.15, 0.2) is 0 Å². The summed E-state index contributed by atoms with van der Waals surface area (Å²) in [5.41, 5.74) is 1.57. The van der Waals surface area contributed by atoms with Crippen LogP contribution < -0.4 is 10.9 Å². The number of hydrogen-bond acceptors (Lipinski definition) is 5. The molecule has 6 nitrogen and oxygen atoms in total. The number of nitrogens with one attached hydrogen (secondary N) is 1. The van der Waals surface area contributed by atoms with Crippen LogP contribution >= 0.6 is 0 Å². The molecule has 0 radical (unpaired) electrons. The topological polar surface area (TPSA) is 92.4 Å². The van der Waals surface area contributed by atoms with Crippen LogP contribution in [-0.4, -0.2) is 22.5 Å². The van der Waals surface area contributed by atoms with Crippen molar-refractivity contribution in [2.24, 2.45) is 0 Å². The first-order valence-corrected chi connectivity index (χ1v) is 9.08. The minimum atomic E-state index is -0.907. The highest BCUT2D eigenvalue weighted by atomic mass is 16.4. The van der Waals surface area contributed by atoms with Gasteiger partial charge in [0.25, 0.3) is 5.91 Å². The van der Waals surface area contributed by atoms with Crippen LogP contribution in [0.5, 0.6) is 0 Å². The molecule has 0 saturated carbocycles. The van der Waals surface area contributed by atoms with Crippen LogP contribution in [-0.2, 0) is 12.8 Å². The number of aryl methyl sites for hydroxylation is 3. The fraction of sp³-hybridized carbons (Fsp3) is 0.227. The Morgan fingerprint density at radius 3 is 2.64 bits per heavy atom. The van der Waals surface area contributed by atoms with Crippen molar-refractivity contribution >= 4 is 5.91 Å². The zero-order valence-electron chi connectivity index (χ0n) is 15.6. The molecule has 1 amide bonds. The SMILES string of the molecule is Cc1cc(CCc2ccccc2)oc(=O)c1C(=O)NCC(O)c1cccnc1. The van der Waals surface area contributed by atoms with Crippen molar-refractivity contribution < 1.29 is 14.3 Å². The molecule has 28 heavy (non-hydrogen) atoms. The number of carbonyl (C=O) groups excluding carboxylic acids is 1. The molecule has 0 bridgehead atoms. The summed E-state index contributed by atoms with van der Waals surface area (Å²) >= 11 is 0. The van der Waals surface area contributed by atoms with E-state index in [1.54, 1.807) is 31.3 Å². The van der Waals surface area contributed by atoms with Crippen LogP contribution in [0.4, 0.5) is 0 Å². The zero-order chi connectivity index (χ0) is 19.9. The van der Waals surface area contributed by atoms with Crippen LogP contribution in [0.25, 0.3) is 0 Å². The normalized spacial score (nSPS) is 11.8. The lowest BCUT2D eigenvalue weighted by molar-refractivity contribution is 0.0911. The maximum absolute atomic E-state index is 12.4. The van der Waals surface area contributed by atoms with Crippen molar-refractivity contribution in [3.63, 3.8) is 0 Å². The van der Waals surface area contributed by atoms with E-state index >= 15 is 0 Å². The number of aromatic nitrogens is 1. The highest BCUT2D eigenvalue weighted by Gasteiger charge is 2.18. The van der Waals surface area contributed by atoms with Gasteiger partial charge in [-0.3, -0.25) is 9.78 Å². The third-order valence-electron chi connectivity index (χ3n) is 4.45. The van der Waals surface area contributed by atoms with Crippen molar-refractivity contribution in [1.29, 1.82) is 0 Å². The molecule has 0 fully saturated rings. The van der Waals surface area contributed by atoms with E-state index in [-0.39, 0.29) is 12.1 Å². The highest BCUT2D eigenvalue weighted by molar-refractivity contribution is 5.95. The Kier molecular flexibility index (Phi) is 6.34. The highest BCUT2D eigenvalue weighted by Crippen LogP contribution is 2.12. The Balaban J connectivity index is 1.65. The summed E-state index contributed by atoms with van der Waals surface area (Å²) in [6.45, 7) is 1.68. The summed E-state index contributed by atoms with van der Waals surface area (Å²) < 4.78 is 5.33. The number of aliphatic hydroxyl groups excluding tert-OH is 1. The molecule has 0 aliphatic heterocycles. The number of rotatable bonds is 7. The van der Waals surface area contributed by atoms with Crippen LogP contribution in [0, 0.1) is 6.92 Å². The van der Waals surface area contributed by atoms with Gasteiger partial charge in [0.1, 0.15) is 11.3 Å². The third kappa shape index (κ3) is 4.92. The van der Waals surface area contributed by atoms with Gasteiger partial charge in [-0.05, 0) is 36.6 Å². The first-order valence-electron chi connectivity index (χ1n) is 9.08. The van der Waals surface area contributed by atoms with Crippen molar-refractivity contribution in [2.45, 2.75) is 25.9 Å². The van der Waals surface area contributed by atoms with Gasteiger partial charge in [0, 0.05) is 30.9 Å². The largest absolute Gasteiger partial charge is 0.427 e. The van der Waals surface area contributed by atoms with Crippen LogP contribution in [0.15, 0.2) is 70.1 Å². The van der Waals surface area contributed by atoms with Crippen LogP contribution in [0.2, 0.25) is 0 Å². The lowest BCUT2D eigenvalue weighted by Crippen LogP contribution is -2.32. The van der Waals surface area contributed by atoms with Gasteiger partial charge in [-0.25, -0.2) is 4.79 Å². The summed E-state index contributed by atoms with van der Waals surface area (Å²) in [6.07, 6.45) is 3.53. The number of pyridine rings is 1. The van der Waals surface area contributed by atoms with Crippen molar-refractivity contribution in [3.8, 4) is 0 Å². The lowest BCUT2D eigenvalue weighted by Gasteiger charge is -2.12. The Labute approximate surface area is 162 Å².